The van der Waals surface area contributed by atoms with Crippen LogP contribution in [0.25, 0.3) is 0 Å². The van der Waals surface area contributed by atoms with Crippen molar-refractivity contribution in [2.75, 3.05) is 6.61 Å². The molecule has 1 saturated heterocycles. The van der Waals surface area contributed by atoms with Crippen molar-refractivity contribution in [3.8, 4) is 0 Å². The molecule has 2 fully saturated rings. The normalized spacial score (nSPS) is 48.7. The molecule has 11 heavy (non-hydrogen) atoms. The van der Waals surface area contributed by atoms with Crippen molar-refractivity contribution in [2.24, 2.45) is 5.92 Å². The molecule has 1 aliphatic heterocycles. The van der Waals surface area contributed by atoms with Crippen LogP contribution in [0, 0.1) is 5.92 Å². The van der Waals surface area contributed by atoms with Crippen molar-refractivity contribution in [2.45, 2.75) is 24.7 Å². The van der Waals surface area contributed by atoms with Crippen LogP contribution in [-0.2, 0) is 9.53 Å². The Balaban J connectivity index is 2.08. The van der Waals surface area contributed by atoms with Crippen LogP contribution in [0.1, 0.15) is 6.42 Å². The number of ketones is 1. The highest BCUT2D eigenvalue weighted by atomic mass is 16.6. The van der Waals surface area contributed by atoms with Gasteiger partial charge < -0.3 is 14.9 Å². The summed E-state index contributed by atoms with van der Waals surface area (Å²) < 4.78 is 4.92. The zero-order valence-corrected chi connectivity index (χ0v) is 5.93. The second-order valence-corrected chi connectivity index (χ2v) is 3.11. The van der Waals surface area contributed by atoms with Gasteiger partial charge in [-0.15, -0.1) is 0 Å². The maximum Gasteiger partial charge on any atom is 0.169 e. The van der Waals surface area contributed by atoms with E-state index in [4.69, 9.17) is 9.84 Å². The van der Waals surface area contributed by atoms with Crippen LogP contribution >= 0.6 is 0 Å². The first kappa shape index (κ1) is 7.21. The molecule has 1 unspecified atom stereocenters. The number of aliphatic hydroxyl groups excluding tert-OH is 2. The van der Waals surface area contributed by atoms with Crippen LogP contribution in [-0.4, -0.2) is 40.9 Å². The lowest BCUT2D eigenvalue weighted by Crippen LogP contribution is -2.37. The maximum atomic E-state index is 11.1. The highest BCUT2D eigenvalue weighted by Gasteiger charge is 2.55. The molecule has 1 heterocycles. The van der Waals surface area contributed by atoms with Crippen molar-refractivity contribution in [3.05, 3.63) is 0 Å². The average Bonchev–Trinajstić information content (AvgIpc) is 2.75. The highest BCUT2D eigenvalue weighted by molar-refractivity contribution is 5.89. The van der Waals surface area contributed by atoms with Crippen molar-refractivity contribution >= 4 is 5.78 Å². The Kier molecular flexibility index (Phi) is 1.49. The third-order valence-corrected chi connectivity index (χ3v) is 2.33. The average molecular weight is 158 g/mol. The summed E-state index contributed by atoms with van der Waals surface area (Å²) in [6.07, 6.45) is -0.910. The second kappa shape index (κ2) is 2.27. The van der Waals surface area contributed by atoms with Crippen LogP contribution in [0.4, 0.5) is 0 Å². The second-order valence-electron chi connectivity index (χ2n) is 3.11. The largest absolute Gasteiger partial charge is 0.396 e. The summed E-state index contributed by atoms with van der Waals surface area (Å²) in [5.41, 5.74) is 0. The number of hydrogen-bond donors (Lipinski definition) is 2. The Morgan fingerprint density at radius 1 is 1.64 bits per heavy atom. The van der Waals surface area contributed by atoms with Gasteiger partial charge in [-0.3, -0.25) is 4.79 Å². The molecule has 2 N–H and O–H groups in total. The van der Waals surface area contributed by atoms with Crippen LogP contribution in [0.15, 0.2) is 0 Å². The number of epoxide rings is 1. The summed E-state index contributed by atoms with van der Waals surface area (Å²) in [4.78, 5) is 11.1. The zero-order chi connectivity index (χ0) is 8.01. The lowest BCUT2D eigenvalue weighted by molar-refractivity contribution is -0.127. The summed E-state index contributed by atoms with van der Waals surface area (Å²) in [5.74, 6) is -0.462. The van der Waals surface area contributed by atoms with E-state index in [1.54, 1.807) is 0 Å². The summed E-state index contributed by atoms with van der Waals surface area (Å²) in [6.45, 7) is -0.178. The summed E-state index contributed by atoms with van der Waals surface area (Å²) in [5, 5.41) is 18.0. The molecule has 1 saturated carbocycles. The number of carbonyl (C=O) groups excluding carboxylic acids is 1. The lowest BCUT2D eigenvalue weighted by Gasteiger charge is -2.18. The van der Waals surface area contributed by atoms with Gasteiger partial charge in [0, 0.05) is 5.92 Å². The third kappa shape index (κ3) is 0.982. The fourth-order valence-corrected chi connectivity index (χ4v) is 1.58. The predicted octanol–water partition coefficient (Wildman–Crippen LogP) is -1.30. The third-order valence-electron chi connectivity index (χ3n) is 2.33. The molecule has 0 aromatic rings. The van der Waals surface area contributed by atoms with Crippen molar-refractivity contribution in [3.63, 3.8) is 0 Å². The van der Waals surface area contributed by atoms with Gasteiger partial charge in [-0.1, -0.05) is 0 Å². The lowest BCUT2D eigenvalue weighted by atomic mass is 9.87. The number of fused-ring (bicyclic) bond motifs is 1. The summed E-state index contributed by atoms with van der Waals surface area (Å²) in [7, 11) is 0. The van der Waals surface area contributed by atoms with Gasteiger partial charge in [0.15, 0.2) is 5.78 Å². The van der Waals surface area contributed by atoms with Gasteiger partial charge in [-0.05, 0) is 6.42 Å². The number of carbonyl (C=O) groups is 1. The Hall–Kier alpha value is -0.450. The molecule has 2 aliphatic rings. The number of aliphatic hydroxyl groups is 2. The van der Waals surface area contributed by atoms with E-state index in [0.29, 0.717) is 6.42 Å². The molecule has 4 heteroatoms. The van der Waals surface area contributed by atoms with Crippen molar-refractivity contribution < 1.29 is 19.7 Å². The quantitative estimate of drug-likeness (QED) is 0.465. The van der Waals surface area contributed by atoms with E-state index in [2.05, 4.69) is 0 Å². The van der Waals surface area contributed by atoms with E-state index in [1.165, 1.54) is 0 Å². The minimum absolute atomic E-state index is 0.0530. The van der Waals surface area contributed by atoms with Crippen LogP contribution < -0.4 is 0 Å². The van der Waals surface area contributed by atoms with E-state index >= 15 is 0 Å². The minimum Gasteiger partial charge on any atom is -0.396 e. The molecule has 0 spiro atoms. The number of Topliss-reactive ketones (excluding diaryl/α,β-unsaturated/α-hetero) is 1. The minimum atomic E-state index is -0.560. The smallest absolute Gasteiger partial charge is 0.169 e. The van der Waals surface area contributed by atoms with E-state index < -0.39 is 18.1 Å². The number of hydrogen-bond acceptors (Lipinski definition) is 4. The van der Waals surface area contributed by atoms with Gasteiger partial charge in [0.2, 0.25) is 0 Å². The van der Waals surface area contributed by atoms with Crippen LogP contribution in [0.5, 0.6) is 0 Å². The molecule has 0 aromatic heterocycles. The highest BCUT2D eigenvalue weighted by Crippen LogP contribution is 2.36. The molecular formula is C7H10O4. The van der Waals surface area contributed by atoms with E-state index in [1.807, 2.05) is 0 Å². The molecule has 0 amide bonds. The topological polar surface area (TPSA) is 70.1 Å². The molecule has 0 bridgehead atoms. The number of rotatable bonds is 1. The van der Waals surface area contributed by atoms with Gasteiger partial charge in [-0.25, -0.2) is 0 Å². The molecule has 1 aliphatic carbocycles. The number of ether oxygens (including phenoxy) is 1. The first-order valence-electron chi connectivity index (χ1n) is 3.72. The van der Waals surface area contributed by atoms with Crippen molar-refractivity contribution in [1.82, 2.24) is 0 Å². The van der Waals surface area contributed by atoms with E-state index in [0.717, 1.165) is 0 Å². The van der Waals surface area contributed by atoms with Gasteiger partial charge in [-0.2, -0.15) is 0 Å². The van der Waals surface area contributed by atoms with Gasteiger partial charge in [0.05, 0.1) is 12.7 Å². The van der Waals surface area contributed by atoms with Crippen LogP contribution in [0.2, 0.25) is 0 Å². The summed E-state index contributed by atoms with van der Waals surface area (Å²) in [6, 6.07) is 0. The fraction of sp³-hybridized carbons (Fsp3) is 0.857. The van der Waals surface area contributed by atoms with Crippen molar-refractivity contribution in [1.29, 1.82) is 0 Å². The molecule has 0 aromatic carbocycles. The van der Waals surface area contributed by atoms with Gasteiger partial charge >= 0.3 is 0 Å². The first-order chi connectivity index (χ1) is 5.24. The Morgan fingerprint density at radius 2 is 2.36 bits per heavy atom. The predicted molar refractivity (Wildman–Crippen MR) is 34.9 cm³/mol. The summed E-state index contributed by atoms with van der Waals surface area (Å²) >= 11 is 0. The Labute approximate surface area is 63.8 Å². The first-order valence-corrected chi connectivity index (χ1v) is 3.72. The molecule has 2 rings (SSSR count). The van der Waals surface area contributed by atoms with E-state index in [-0.39, 0.29) is 18.5 Å². The standard InChI is InChI=1S/C7H10O4/c8-2-3-1-4(9)6-7(11-6)5(3)10/h3-4,6-9H,1-2H2/t3?,4-,6+,7-/m1/s1. The van der Waals surface area contributed by atoms with Crippen LogP contribution in [0.3, 0.4) is 0 Å². The van der Waals surface area contributed by atoms with Gasteiger partial charge in [0.1, 0.15) is 12.2 Å². The molecular weight excluding hydrogens is 148 g/mol. The fourth-order valence-electron chi connectivity index (χ4n) is 1.58. The molecule has 62 valence electrons. The maximum absolute atomic E-state index is 11.1. The van der Waals surface area contributed by atoms with E-state index in [9.17, 15) is 9.90 Å². The molecule has 4 atom stereocenters. The van der Waals surface area contributed by atoms with Gasteiger partial charge in [0.25, 0.3) is 0 Å². The molecule has 0 radical (unpaired) electrons. The monoisotopic (exact) mass is 158 g/mol. The Bertz CT molecular complexity index is 191. The molecule has 4 nitrogen and oxygen atoms in total. The SMILES string of the molecule is O=C1C(CO)C[C@@H](O)[C@@H]2O[C@H]12. The Morgan fingerprint density at radius 3 is 3.00 bits per heavy atom. The zero-order valence-electron chi connectivity index (χ0n) is 5.93.